The lowest BCUT2D eigenvalue weighted by Crippen LogP contribution is -2.49. The fourth-order valence-corrected chi connectivity index (χ4v) is 3.22. The van der Waals surface area contributed by atoms with Gasteiger partial charge in [-0.3, -0.25) is 14.6 Å². The standard InChI is InChI=1S/C19H26FN5O/c1-2-18-21-7-8-25(18)14-13-23-9-11-24(12-10-23)15-19(26)22-17-5-3-16(20)4-6-17/h3-8H,2,9-15H2,1H3,(H,22,26). The van der Waals surface area contributed by atoms with Gasteiger partial charge in [-0.2, -0.15) is 0 Å². The van der Waals surface area contributed by atoms with E-state index in [1.807, 2.05) is 12.4 Å². The fraction of sp³-hybridized carbons (Fsp3) is 0.474. The van der Waals surface area contributed by atoms with Gasteiger partial charge >= 0.3 is 0 Å². The zero-order valence-corrected chi connectivity index (χ0v) is 15.2. The van der Waals surface area contributed by atoms with E-state index in [2.05, 4.69) is 31.6 Å². The molecule has 1 aliphatic rings. The summed E-state index contributed by atoms with van der Waals surface area (Å²) in [7, 11) is 0. The first-order valence-electron chi connectivity index (χ1n) is 9.14. The highest BCUT2D eigenvalue weighted by molar-refractivity contribution is 5.92. The van der Waals surface area contributed by atoms with E-state index >= 15 is 0 Å². The maximum absolute atomic E-state index is 12.9. The van der Waals surface area contributed by atoms with Crippen LogP contribution in [0, 0.1) is 5.82 Å². The number of aryl methyl sites for hydroxylation is 1. The van der Waals surface area contributed by atoms with Crippen molar-refractivity contribution in [3.63, 3.8) is 0 Å². The molecular weight excluding hydrogens is 333 g/mol. The molecule has 1 aliphatic heterocycles. The summed E-state index contributed by atoms with van der Waals surface area (Å²) in [5.74, 6) is 0.762. The molecule has 1 N–H and O–H groups in total. The minimum absolute atomic E-state index is 0.0592. The number of halogens is 1. The van der Waals surface area contributed by atoms with E-state index in [1.165, 1.54) is 12.1 Å². The molecule has 1 aromatic carbocycles. The van der Waals surface area contributed by atoms with Crippen molar-refractivity contribution in [2.75, 3.05) is 44.6 Å². The summed E-state index contributed by atoms with van der Waals surface area (Å²) >= 11 is 0. The fourth-order valence-electron chi connectivity index (χ4n) is 3.22. The molecule has 1 fully saturated rings. The molecule has 0 spiro atoms. The molecule has 2 aromatic rings. The SMILES string of the molecule is CCc1nccn1CCN1CCN(CC(=O)Nc2ccc(F)cc2)CC1. The number of nitrogens with zero attached hydrogens (tertiary/aromatic N) is 4. The van der Waals surface area contributed by atoms with Crippen molar-refractivity contribution in [2.45, 2.75) is 19.9 Å². The molecule has 0 aliphatic carbocycles. The van der Waals surface area contributed by atoms with Gasteiger partial charge in [0.15, 0.2) is 0 Å². The summed E-state index contributed by atoms with van der Waals surface area (Å²) in [5, 5.41) is 2.81. The second kappa shape index (κ2) is 8.91. The molecule has 2 heterocycles. The van der Waals surface area contributed by atoms with Crippen LogP contribution in [-0.4, -0.2) is 64.5 Å². The van der Waals surface area contributed by atoms with Crippen LogP contribution in [-0.2, 0) is 17.8 Å². The minimum atomic E-state index is -0.305. The van der Waals surface area contributed by atoms with Crippen molar-refractivity contribution in [3.05, 3.63) is 48.3 Å². The number of hydrogen-bond donors (Lipinski definition) is 1. The van der Waals surface area contributed by atoms with E-state index in [0.29, 0.717) is 12.2 Å². The highest BCUT2D eigenvalue weighted by Gasteiger charge is 2.19. The zero-order chi connectivity index (χ0) is 18.4. The van der Waals surface area contributed by atoms with E-state index in [0.717, 1.165) is 51.5 Å². The van der Waals surface area contributed by atoms with Crippen LogP contribution in [0.2, 0.25) is 0 Å². The van der Waals surface area contributed by atoms with Gasteiger partial charge < -0.3 is 9.88 Å². The average molecular weight is 359 g/mol. The first-order valence-corrected chi connectivity index (χ1v) is 9.14. The Bertz CT molecular complexity index is 707. The summed E-state index contributed by atoms with van der Waals surface area (Å²) in [6, 6.07) is 5.84. The van der Waals surface area contributed by atoms with Crippen LogP contribution in [0.25, 0.3) is 0 Å². The van der Waals surface area contributed by atoms with Crippen LogP contribution in [0.4, 0.5) is 10.1 Å². The molecule has 140 valence electrons. The van der Waals surface area contributed by atoms with Gasteiger partial charge in [0.2, 0.25) is 5.91 Å². The minimum Gasteiger partial charge on any atom is -0.334 e. The van der Waals surface area contributed by atoms with Gasteiger partial charge in [-0.15, -0.1) is 0 Å². The number of benzene rings is 1. The van der Waals surface area contributed by atoms with E-state index in [9.17, 15) is 9.18 Å². The van der Waals surface area contributed by atoms with E-state index < -0.39 is 0 Å². The number of rotatable bonds is 7. The molecule has 0 bridgehead atoms. The van der Waals surface area contributed by atoms with Crippen LogP contribution in [0.15, 0.2) is 36.7 Å². The van der Waals surface area contributed by atoms with Gasteiger partial charge in [-0.25, -0.2) is 9.37 Å². The third-order valence-electron chi connectivity index (χ3n) is 4.74. The van der Waals surface area contributed by atoms with Gasteiger partial charge in [0.05, 0.1) is 6.54 Å². The molecule has 0 atom stereocenters. The van der Waals surface area contributed by atoms with Crippen molar-refractivity contribution in [1.29, 1.82) is 0 Å². The molecule has 0 saturated carbocycles. The van der Waals surface area contributed by atoms with Crippen molar-refractivity contribution < 1.29 is 9.18 Å². The Morgan fingerprint density at radius 2 is 1.81 bits per heavy atom. The highest BCUT2D eigenvalue weighted by atomic mass is 19.1. The predicted octanol–water partition coefficient (Wildman–Crippen LogP) is 1.84. The second-order valence-electron chi connectivity index (χ2n) is 6.56. The summed E-state index contributed by atoms with van der Waals surface area (Å²) in [5.41, 5.74) is 0.627. The summed E-state index contributed by atoms with van der Waals surface area (Å²) in [4.78, 5) is 21.1. The quantitative estimate of drug-likeness (QED) is 0.820. The number of anilines is 1. The van der Waals surface area contributed by atoms with Crippen LogP contribution in [0.3, 0.4) is 0 Å². The van der Waals surface area contributed by atoms with Crippen LogP contribution in [0.1, 0.15) is 12.7 Å². The van der Waals surface area contributed by atoms with E-state index in [4.69, 9.17) is 0 Å². The number of piperazine rings is 1. The normalized spacial score (nSPS) is 15.9. The molecule has 1 aromatic heterocycles. The van der Waals surface area contributed by atoms with Crippen LogP contribution >= 0.6 is 0 Å². The molecule has 1 amide bonds. The maximum atomic E-state index is 12.9. The first kappa shape index (κ1) is 18.5. The highest BCUT2D eigenvalue weighted by Crippen LogP contribution is 2.09. The summed E-state index contributed by atoms with van der Waals surface area (Å²) < 4.78 is 15.1. The number of amides is 1. The molecule has 3 rings (SSSR count). The van der Waals surface area contributed by atoms with Gasteiger partial charge in [-0.05, 0) is 24.3 Å². The first-order chi connectivity index (χ1) is 12.6. The third-order valence-corrected chi connectivity index (χ3v) is 4.74. The maximum Gasteiger partial charge on any atom is 0.238 e. The van der Waals surface area contributed by atoms with Crippen LogP contribution in [0.5, 0.6) is 0 Å². The van der Waals surface area contributed by atoms with Gasteiger partial charge in [0, 0.05) is 63.8 Å². The number of carbonyl (C=O) groups is 1. The van der Waals surface area contributed by atoms with Gasteiger partial charge in [-0.1, -0.05) is 6.92 Å². The molecular formula is C19H26FN5O. The Labute approximate surface area is 153 Å². The van der Waals surface area contributed by atoms with Crippen molar-refractivity contribution in [1.82, 2.24) is 19.4 Å². The third kappa shape index (κ3) is 5.12. The Hall–Kier alpha value is -2.25. The molecule has 26 heavy (non-hydrogen) atoms. The van der Waals surface area contributed by atoms with Crippen molar-refractivity contribution in [3.8, 4) is 0 Å². The summed E-state index contributed by atoms with van der Waals surface area (Å²) in [6.07, 6.45) is 4.84. The molecule has 0 unspecified atom stereocenters. The van der Waals surface area contributed by atoms with Gasteiger partial charge in [0.1, 0.15) is 11.6 Å². The number of aromatic nitrogens is 2. The van der Waals surface area contributed by atoms with Crippen LogP contribution < -0.4 is 5.32 Å². The lowest BCUT2D eigenvalue weighted by molar-refractivity contribution is -0.117. The number of carbonyl (C=O) groups excluding carboxylic acids is 1. The largest absolute Gasteiger partial charge is 0.334 e. The Balaban J connectivity index is 1.38. The predicted molar refractivity (Wildman–Crippen MR) is 99.5 cm³/mol. The molecule has 0 radical (unpaired) electrons. The monoisotopic (exact) mass is 359 g/mol. The van der Waals surface area contributed by atoms with E-state index in [1.54, 1.807) is 12.1 Å². The number of imidazole rings is 1. The average Bonchev–Trinajstić information content (AvgIpc) is 3.10. The second-order valence-corrected chi connectivity index (χ2v) is 6.56. The van der Waals surface area contributed by atoms with Gasteiger partial charge in [0.25, 0.3) is 0 Å². The Morgan fingerprint density at radius 3 is 2.50 bits per heavy atom. The molecule has 7 heteroatoms. The Morgan fingerprint density at radius 1 is 1.12 bits per heavy atom. The van der Waals surface area contributed by atoms with Crippen molar-refractivity contribution >= 4 is 11.6 Å². The smallest absolute Gasteiger partial charge is 0.238 e. The van der Waals surface area contributed by atoms with Crippen molar-refractivity contribution in [2.24, 2.45) is 0 Å². The van der Waals surface area contributed by atoms with E-state index in [-0.39, 0.29) is 11.7 Å². The zero-order valence-electron chi connectivity index (χ0n) is 15.2. The molecule has 1 saturated heterocycles. The molecule has 6 nitrogen and oxygen atoms in total. The number of hydrogen-bond acceptors (Lipinski definition) is 4. The number of nitrogens with one attached hydrogen (secondary N) is 1. The Kier molecular flexibility index (Phi) is 6.35. The lowest BCUT2D eigenvalue weighted by Gasteiger charge is -2.34. The topological polar surface area (TPSA) is 53.4 Å². The summed E-state index contributed by atoms with van der Waals surface area (Å²) in [6.45, 7) is 8.11. The lowest BCUT2D eigenvalue weighted by atomic mass is 10.3.